The molecule has 26 heavy (non-hydrogen) atoms. The first-order chi connectivity index (χ1) is 12.2. The van der Waals surface area contributed by atoms with Crippen molar-refractivity contribution in [2.75, 3.05) is 26.9 Å². The summed E-state index contributed by atoms with van der Waals surface area (Å²) in [6, 6.07) is 6.07. The van der Waals surface area contributed by atoms with Gasteiger partial charge in [0.1, 0.15) is 0 Å². The molecule has 0 amide bonds. The number of ether oxygens (including phenoxy) is 2. The smallest absolute Gasteiger partial charge is 0.231 e. The highest BCUT2D eigenvalue weighted by Crippen LogP contribution is 2.32. The zero-order valence-corrected chi connectivity index (χ0v) is 18.4. The van der Waals surface area contributed by atoms with Gasteiger partial charge in [0, 0.05) is 31.4 Å². The second kappa shape index (κ2) is 9.96. The third-order valence-corrected chi connectivity index (χ3v) is 5.14. The average molecular weight is 488 g/mol. The number of nitrogens with zero attached hydrogens (tertiary/aromatic N) is 2. The van der Waals surface area contributed by atoms with E-state index in [2.05, 4.69) is 33.6 Å². The lowest BCUT2D eigenvalue weighted by Crippen LogP contribution is -2.39. The Kier molecular flexibility index (Phi) is 7.95. The summed E-state index contributed by atoms with van der Waals surface area (Å²) in [5, 5.41) is 7.83. The standard InChI is InChI=1S/C18H24N4O2S.HI/c1-12-17(25-13(2)22-12)7-9-21-18(19-3)20-8-6-14-4-5-15-16(10-14)24-11-23-15;/h4-5,10H,6-9,11H2,1-3H3,(H2,19,20,21);1H. The van der Waals surface area contributed by atoms with Crippen LogP contribution in [0.1, 0.15) is 21.1 Å². The zero-order valence-electron chi connectivity index (χ0n) is 15.3. The number of nitrogens with one attached hydrogen (secondary N) is 2. The van der Waals surface area contributed by atoms with Gasteiger partial charge in [-0.25, -0.2) is 4.98 Å². The van der Waals surface area contributed by atoms with Crippen molar-refractivity contribution in [2.45, 2.75) is 26.7 Å². The van der Waals surface area contributed by atoms with E-state index in [0.29, 0.717) is 6.79 Å². The predicted octanol–water partition coefficient (Wildman–Crippen LogP) is 3.06. The van der Waals surface area contributed by atoms with Crippen molar-refractivity contribution in [1.82, 2.24) is 15.6 Å². The summed E-state index contributed by atoms with van der Waals surface area (Å²) in [4.78, 5) is 10.1. The maximum Gasteiger partial charge on any atom is 0.231 e. The molecule has 1 aliphatic heterocycles. The van der Waals surface area contributed by atoms with Crippen LogP contribution >= 0.6 is 35.3 Å². The van der Waals surface area contributed by atoms with Crippen molar-refractivity contribution >= 4 is 41.3 Å². The van der Waals surface area contributed by atoms with Gasteiger partial charge in [-0.05, 0) is 38.0 Å². The van der Waals surface area contributed by atoms with Crippen molar-refractivity contribution in [3.8, 4) is 11.5 Å². The molecule has 0 radical (unpaired) electrons. The van der Waals surface area contributed by atoms with E-state index in [1.54, 1.807) is 18.4 Å². The summed E-state index contributed by atoms with van der Waals surface area (Å²) in [6.45, 7) is 6.07. The fraction of sp³-hybridized carbons (Fsp3) is 0.444. The average Bonchev–Trinajstić information content (AvgIpc) is 3.19. The van der Waals surface area contributed by atoms with E-state index in [4.69, 9.17) is 9.47 Å². The van der Waals surface area contributed by atoms with Crippen LogP contribution in [0.3, 0.4) is 0 Å². The summed E-state index contributed by atoms with van der Waals surface area (Å²) in [7, 11) is 1.79. The van der Waals surface area contributed by atoms with Gasteiger partial charge in [0.2, 0.25) is 6.79 Å². The quantitative estimate of drug-likeness (QED) is 0.372. The van der Waals surface area contributed by atoms with Gasteiger partial charge in [-0.3, -0.25) is 4.99 Å². The Labute approximate surface area is 175 Å². The Morgan fingerprint density at radius 1 is 1.15 bits per heavy atom. The minimum atomic E-state index is 0. The Balaban J connectivity index is 0.00000243. The normalized spacial score (nSPS) is 12.7. The van der Waals surface area contributed by atoms with Gasteiger partial charge in [-0.1, -0.05) is 6.07 Å². The van der Waals surface area contributed by atoms with E-state index < -0.39 is 0 Å². The molecular weight excluding hydrogens is 463 g/mol. The first-order valence-electron chi connectivity index (χ1n) is 8.41. The number of halogens is 1. The number of hydrogen-bond donors (Lipinski definition) is 2. The number of guanidine groups is 1. The number of aryl methyl sites for hydroxylation is 2. The van der Waals surface area contributed by atoms with Crippen LogP contribution < -0.4 is 20.1 Å². The number of hydrogen-bond acceptors (Lipinski definition) is 5. The van der Waals surface area contributed by atoms with Gasteiger partial charge in [0.05, 0.1) is 10.7 Å². The third-order valence-electron chi connectivity index (χ3n) is 4.01. The molecule has 2 heterocycles. The van der Waals surface area contributed by atoms with E-state index in [1.807, 2.05) is 19.1 Å². The molecule has 0 fully saturated rings. The third kappa shape index (κ3) is 5.47. The summed E-state index contributed by atoms with van der Waals surface area (Å²) in [5.41, 5.74) is 2.35. The monoisotopic (exact) mass is 488 g/mol. The molecule has 0 saturated carbocycles. The van der Waals surface area contributed by atoms with E-state index in [0.717, 1.165) is 54.1 Å². The fourth-order valence-electron chi connectivity index (χ4n) is 2.74. The van der Waals surface area contributed by atoms with E-state index in [9.17, 15) is 0 Å². The van der Waals surface area contributed by atoms with Gasteiger partial charge in [0.15, 0.2) is 17.5 Å². The molecular formula is C18H25IN4O2S. The highest BCUT2D eigenvalue weighted by molar-refractivity contribution is 14.0. The molecule has 0 atom stereocenters. The second-order valence-corrected chi connectivity index (χ2v) is 7.14. The molecule has 0 saturated heterocycles. The van der Waals surface area contributed by atoms with Crippen LogP contribution in [0, 0.1) is 13.8 Å². The molecule has 8 heteroatoms. The number of thiazole rings is 1. The van der Waals surface area contributed by atoms with E-state index in [1.165, 1.54) is 10.4 Å². The Hall–Kier alpha value is -1.55. The van der Waals surface area contributed by atoms with Crippen LogP contribution in [0.2, 0.25) is 0 Å². The molecule has 0 unspecified atom stereocenters. The lowest BCUT2D eigenvalue weighted by molar-refractivity contribution is 0.174. The molecule has 0 aliphatic carbocycles. The maximum atomic E-state index is 5.41. The molecule has 1 aromatic carbocycles. The SMILES string of the molecule is CN=C(NCCc1ccc2c(c1)OCO2)NCCc1sc(C)nc1C.I. The lowest BCUT2D eigenvalue weighted by Gasteiger charge is -2.12. The molecule has 0 spiro atoms. The number of fused-ring (bicyclic) bond motifs is 1. The first-order valence-corrected chi connectivity index (χ1v) is 9.23. The molecule has 0 bridgehead atoms. The highest BCUT2D eigenvalue weighted by atomic mass is 127. The van der Waals surface area contributed by atoms with Crippen LogP contribution in [0.15, 0.2) is 23.2 Å². The van der Waals surface area contributed by atoms with Crippen LogP contribution in [-0.2, 0) is 12.8 Å². The van der Waals surface area contributed by atoms with Gasteiger partial charge in [-0.2, -0.15) is 0 Å². The van der Waals surface area contributed by atoms with E-state index >= 15 is 0 Å². The molecule has 2 aromatic rings. The molecule has 1 aromatic heterocycles. The van der Waals surface area contributed by atoms with Crippen LogP contribution in [-0.4, -0.2) is 37.9 Å². The number of benzene rings is 1. The Bertz CT molecular complexity index is 764. The lowest BCUT2D eigenvalue weighted by atomic mass is 10.1. The largest absolute Gasteiger partial charge is 0.454 e. The molecule has 6 nitrogen and oxygen atoms in total. The number of aliphatic imine (C=N–C) groups is 1. The first kappa shape index (κ1) is 20.8. The van der Waals surface area contributed by atoms with Gasteiger partial charge < -0.3 is 20.1 Å². The maximum absolute atomic E-state index is 5.41. The summed E-state index contributed by atoms with van der Waals surface area (Å²) < 4.78 is 10.7. The molecule has 1 aliphatic rings. The molecule has 142 valence electrons. The van der Waals surface area contributed by atoms with Crippen molar-refractivity contribution in [1.29, 1.82) is 0 Å². The van der Waals surface area contributed by atoms with Gasteiger partial charge in [-0.15, -0.1) is 35.3 Å². The van der Waals surface area contributed by atoms with Crippen molar-refractivity contribution in [2.24, 2.45) is 4.99 Å². The van der Waals surface area contributed by atoms with Crippen molar-refractivity contribution in [3.05, 3.63) is 39.3 Å². The van der Waals surface area contributed by atoms with Crippen LogP contribution in [0.5, 0.6) is 11.5 Å². The summed E-state index contributed by atoms with van der Waals surface area (Å²) >= 11 is 1.76. The number of rotatable bonds is 6. The predicted molar refractivity (Wildman–Crippen MR) is 116 cm³/mol. The van der Waals surface area contributed by atoms with Crippen LogP contribution in [0.4, 0.5) is 0 Å². The Morgan fingerprint density at radius 3 is 2.58 bits per heavy atom. The summed E-state index contributed by atoms with van der Waals surface area (Å²) in [6.07, 6.45) is 1.85. The molecule has 2 N–H and O–H groups in total. The van der Waals surface area contributed by atoms with E-state index in [-0.39, 0.29) is 24.0 Å². The topological polar surface area (TPSA) is 67.8 Å². The van der Waals surface area contributed by atoms with Crippen LogP contribution in [0.25, 0.3) is 0 Å². The van der Waals surface area contributed by atoms with Gasteiger partial charge >= 0.3 is 0 Å². The van der Waals surface area contributed by atoms with Crippen molar-refractivity contribution < 1.29 is 9.47 Å². The highest BCUT2D eigenvalue weighted by Gasteiger charge is 2.13. The van der Waals surface area contributed by atoms with Gasteiger partial charge in [0.25, 0.3) is 0 Å². The fourth-order valence-corrected chi connectivity index (χ4v) is 3.68. The minimum absolute atomic E-state index is 0. The number of aromatic nitrogens is 1. The minimum Gasteiger partial charge on any atom is -0.454 e. The Morgan fingerprint density at radius 2 is 1.88 bits per heavy atom. The second-order valence-electron chi connectivity index (χ2n) is 5.85. The molecule has 3 rings (SSSR count). The summed E-state index contributed by atoms with van der Waals surface area (Å²) in [5.74, 6) is 2.47. The van der Waals surface area contributed by atoms with Crippen molar-refractivity contribution in [3.63, 3.8) is 0 Å². The zero-order chi connectivity index (χ0) is 17.6.